The minimum atomic E-state index is -0.512. The maximum Gasteiger partial charge on any atom is 0.166 e. The van der Waals surface area contributed by atoms with Gasteiger partial charge in [0.05, 0.1) is 29.7 Å². The molecule has 0 radical (unpaired) electrons. The molecule has 0 aromatic carbocycles. The second kappa shape index (κ2) is 4.38. The predicted octanol–water partition coefficient (Wildman–Crippen LogP) is -0.234. The molecular weight excluding hydrogens is 254 g/mol. The third-order valence-corrected chi connectivity index (χ3v) is 4.63. The summed E-state index contributed by atoms with van der Waals surface area (Å²) in [6.45, 7) is -0.0356. The molecule has 18 heavy (non-hydrogen) atoms. The van der Waals surface area contributed by atoms with E-state index in [1.165, 1.54) is 18.1 Å². The van der Waals surface area contributed by atoms with Crippen LogP contribution in [0.25, 0.3) is 11.2 Å². The van der Waals surface area contributed by atoms with Crippen LogP contribution in [0.2, 0.25) is 0 Å². The molecule has 3 atom stereocenters. The highest BCUT2D eigenvalue weighted by Gasteiger charge is 2.35. The molecule has 7 nitrogen and oxygen atoms in total. The van der Waals surface area contributed by atoms with Crippen LogP contribution < -0.4 is 5.73 Å². The number of nitrogen functional groups attached to an aromatic ring is 1. The van der Waals surface area contributed by atoms with Gasteiger partial charge in [0.15, 0.2) is 11.5 Å². The molecule has 96 valence electrons. The highest BCUT2D eigenvalue weighted by atomic mass is 32.2. The van der Waals surface area contributed by atoms with Crippen molar-refractivity contribution in [1.29, 1.82) is 0 Å². The summed E-state index contributed by atoms with van der Waals surface area (Å²) >= 11 is 1.52. The summed E-state index contributed by atoms with van der Waals surface area (Å²) in [5, 5.41) is 18.8. The van der Waals surface area contributed by atoms with Crippen LogP contribution in [0.5, 0.6) is 0 Å². The minimum absolute atomic E-state index is 0.0106. The van der Waals surface area contributed by atoms with Crippen LogP contribution in [-0.2, 0) is 0 Å². The Hall–Kier alpha value is -1.38. The molecule has 0 amide bonds. The smallest absolute Gasteiger partial charge is 0.166 e. The van der Waals surface area contributed by atoms with E-state index < -0.39 is 6.10 Å². The van der Waals surface area contributed by atoms with Gasteiger partial charge in [-0.15, -0.1) is 11.8 Å². The van der Waals surface area contributed by atoms with Gasteiger partial charge in [-0.3, -0.25) is 0 Å². The molecule has 0 aliphatic carbocycles. The molecule has 3 rings (SSSR count). The zero-order valence-corrected chi connectivity index (χ0v) is 10.3. The number of nitrogens with zero attached hydrogens (tertiary/aromatic N) is 4. The molecule has 0 saturated carbocycles. The van der Waals surface area contributed by atoms with E-state index in [9.17, 15) is 5.11 Å². The fourth-order valence-electron chi connectivity index (χ4n) is 2.13. The molecule has 1 aliphatic rings. The Bertz CT molecular complexity index is 574. The van der Waals surface area contributed by atoms with Crippen molar-refractivity contribution in [2.75, 3.05) is 12.3 Å². The number of aliphatic hydroxyl groups excluding tert-OH is 2. The Morgan fingerprint density at radius 3 is 3.00 bits per heavy atom. The molecule has 0 bridgehead atoms. The van der Waals surface area contributed by atoms with E-state index in [2.05, 4.69) is 15.0 Å². The molecule has 0 unspecified atom stereocenters. The molecule has 8 heteroatoms. The summed E-state index contributed by atoms with van der Waals surface area (Å²) in [6.07, 6.45) is 3.10. The van der Waals surface area contributed by atoms with Crippen LogP contribution in [-0.4, -0.2) is 47.7 Å². The minimum Gasteiger partial charge on any atom is -0.395 e. The second-order valence-corrected chi connectivity index (χ2v) is 5.62. The van der Waals surface area contributed by atoms with E-state index in [4.69, 9.17) is 10.8 Å². The predicted molar refractivity (Wildman–Crippen MR) is 67.9 cm³/mol. The summed E-state index contributed by atoms with van der Waals surface area (Å²) in [7, 11) is 0. The van der Waals surface area contributed by atoms with Crippen LogP contribution in [0.15, 0.2) is 12.7 Å². The van der Waals surface area contributed by atoms with Gasteiger partial charge in [-0.25, -0.2) is 15.0 Å². The molecule has 2 aromatic heterocycles. The van der Waals surface area contributed by atoms with Gasteiger partial charge in [0.1, 0.15) is 11.8 Å². The highest BCUT2D eigenvalue weighted by Crippen LogP contribution is 2.42. The Balaban J connectivity index is 1.99. The molecular formula is C10H13N5O2S. The lowest BCUT2D eigenvalue weighted by molar-refractivity contribution is 0.138. The number of rotatable bonds is 2. The number of nitrogens with two attached hydrogens (primary N) is 1. The fourth-order valence-corrected chi connectivity index (χ4v) is 3.51. The Morgan fingerprint density at radius 2 is 2.28 bits per heavy atom. The van der Waals surface area contributed by atoms with Crippen LogP contribution in [0.1, 0.15) is 11.8 Å². The van der Waals surface area contributed by atoms with E-state index >= 15 is 0 Å². The lowest BCUT2D eigenvalue weighted by Gasteiger charge is -2.11. The van der Waals surface area contributed by atoms with Crippen LogP contribution in [0.3, 0.4) is 0 Å². The fraction of sp³-hybridized carbons (Fsp3) is 0.500. The number of hydrogen-bond donors (Lipinski definition) is 3. The number of thioether (sulfide) groups is 1. The lowest BCUT2D eigenvalue weighted by atomic mass is 10.2. The van der Waals surface area contributed by atoms with Crippen molar-refractivity contribution < 1.29 is 10.2 Å². The number of hydrogen-bond acceptors (Lipinski definition) is 7. The Labute approximate surface area is 107 Å². The summed E-state index contributed by atoms with van der Waals surface area (Å²) in [5.41, 5.74) is 6.95. The van der Waals surface area contributed by atoms with Gasteiger partial charge in [0, 0.05) is 6.42 Å². The largest absolute Gasteiger partial charge is 0.395 e. The summed E-state index contributed by atoms with van der Waals surface area (Å²) in [6, 6.07) is 0. The standard InChI is InChI=1S/C10H13N5O2S/c11-9-8-10(13-3-12-9)15(4-14-8)7-1-5(17)6(2-16)18-7/h3-7,16-17H,1-2H2,(H2,11,12,13)/t5-,6+,7+/m1/s1. The SMILES string of the molecule is Nc1ncnc2c1ncn2[C@@H]1C[C@@H](O)[C@H](CO)S1. The third-order valence-electron chi connectivity index (χ3n) is 3.08. The van der Waals surface area contributed by atoms with Crippen molar-refractivity contribution in [1.82, 2.24) is 19.5 Å². The molecule has 1 fully saturated rings. The highest BCUT2D eigenvalue weighted by molar-refractivity contribution is 8.00. The molecule has 4 N–H and O–H groups in total. The van der Waals surface area contributed by atoms with Crippen molar-refractivity contribution in [3.63, 3.8) is 0 Å². The Kier molecular flexibility index (Phi) is 2.84. The van der Waals surface area contributed by atoms with Gasteiger partial charge in [-0.1, -0.05) is 0 Å². The third kappa shape index (κ3) is 1.73. The van der Waals surface area contributed by atoms with Crippen molar-refractivity contribution in [3.8, 4) is 0 Å². The second-order valence-electron chi connectivity index (χ2n) is 4.20. The summed E-state index contributed by atoms with van der Waals surface area (Å²) < 4.78 is 1.87. The first kappa shape index (κ1) is 11.7. The summed E-state index contributed by atoms with van der Waals surface area (Å²) in [4.78, 5) is 12.3. The van der Waals surface area contributed by atoms with Gasteiger partial charge in [-0.05, 0) is 0 Å². The first-order chi connectivity index (χ1) is 8.70. The lowest BCUT2D eigenvalue weighted by Crippen LogP contribution is -2.20. The average Bonchev–Trinajstić information content (AvgIpc) is 2.93. The average molecular weight is 267 g/mol. The molecule has 1 saturated heterocycles. The number of imidazole rings is 1. The topological polar surface area (TPSA) is 110 Å². The van der Waals surface area contributed by atoms with Gasteiger partial charge in [0.2, 0.25) is 0 Å². The quantitative estimate of drug-likeness (QED) is 0.689. The van der Waals surface area contributed by atoms with Crippen molar-refractivity contribution in [2.24, 2.45) is 0 Å². The van der Waals surface area contributed by atoms with Crippen molar-refractivity contribution >= 4 is 28.7 Å². The van der Waals surface area contributed by atoms with E-state index in [0.29, 0.717) is 23.4 Å². The van der Waals surface area contributed by atoms with Crippen molar-refractivity contribution in [3.05, 3.63) is 12.7 Å². The number of aromatic nitrogens is 4. The van der Waals surface area contributed by atoms with Gasteiger partial charge in [-0.2, -0.15) is 0 Å². The molecule has 1 aliphatic heterocycles. The monoisotopic (exact) mass is 267 g/mol. The normalized spacial score (nSPS) is 28.0. The van der Waals surface area contributed by atoms with E-state index in [1.54, 1.807) is 6.33 Å². The molecule has 0 spiro atoms. The number of anilines is 1. The van der Waals surface area contributed by atoms with E-state index in [0.717, 1.165) is 0 Å². The summed E-state index contributed by atoms with van der Waals surface area (Å²) in [5.74, 6) is 0.348. The van der Waals surface area contributed by atoms with Gasteiger partial charge < -0.3 is 20.5 Å². The maximum atomic E-state index is 9.81. The zero-order valence-electron chi connectivity index (χ0n) is 9.47. The number of aliphatic hydroxyl groups is 2. The van der Waals surface area contributed by atoms with Crippen LogP contribution in [0, 0.1) is 0 Å². The molecule has 3 heterocycles. The van der Waals surface area contributed by atoms with E-state index in [1.807, 2.05) is 4.57 Å². The van der Waals surface area contributed by atoms with Crippen molar-refractivity contribution in [2.45, 2.75) is 23.1 Å². The zero-order chi connectivity index (χ0) is 12.7. The van der Waals surface area contributed by atoms with Crippen LogP contribution in [0.4, 0.5) is 5.82 Å². The Morgan fingerprint density at radius 1 is 1.44 bits per heavy atom. The molecule has 2 aromatic rings. The first-order valence-electron chi connectivity index (χ1n) is 5.58. The van der Waals surface area contributed by atoms with Crippen LogP contribution >= 0.6 is 11.8 Å². The number of fused-ring (bicyclic) bond motifs is 1. The van der Waals surface area contributed by atoms with E-state index in [-0.39, 0.29) is 17.2 Å². The van der Waals surface area contributed by atoms with Gasteiger partial charge in [0.25, 0.3) is 0 Å². The van der Waals surface area contributed by atoms with Gasteiger partial charge >= 0.3 is 0 Å². The maximum absolute atomic E-state index is 9.81. The first-order valence-corrected chi connectivity index (χ1v) is 6.52.